The van der Waals surface area contributed by atoms with E-state index < -0.39 is 5.91 Å². The summed E-state index contributed by atoms with van der Waals surface area (Å²) in [5, 5.41) is 4.66. The number of rotatable bonds is 5. The van der Waals surface area contributed by atoms with E-state index in [0.29, 0.717) is 15.8 Å². The van der Waals surface area contributed by atoms with Gasteiger partial charge in [-0.3, -0.25) is 9.78 Å². The Labute approximate surface area is 131 Å². The number of hydrogen-bond acceptors (Lipinski definition) is 4. The largest absolute Gasteiger partial charge is 0.482 e. The fourth-order valence-electron chi connectivity index (χ4n) is 1.39. The molecule has 1 N–H and O–H groups in total. The van der Waals surface area contributed by atoms with Crippen molar-refractivity contribution in [3.05, 3.63) is 58.3 Å². The number of pyridine rings is 1. The number of carbonyl (C=O) groups is 1. The molecule has 0 unspecified atom stereocenters. The number of amides is 1. The Morgan fingerprint density at radius 2 is 2.05 bits per heavy atom. The van der Waals surface area contributed by atoms with Crippen LogP contribution in [0.4, 0.5) is 0 Å². The average Bonchev–Trinajstić information content (AvgIpc) is 2.49. The Kier molecular flexibility index (Phi) is 5.54. The smallest absolute Gasteiger partial charge is 0.277 e. The third-order valence-corrected chi connectivity index (χ3v) is 2.91. The van der Waals surface area contributed by atoms with Gasteiger partial charge in [0.1, 0.15) is 5.75 Å². The van der Waals surface area contributed by atoms with Crippen molar-refractivity contribution in [1.82, 2.24) is 10.4 Å². The second-order valence-corrected chi connectivity index (χ2v) is 4.78. The zero-order valence-corrected chi connectivity index (χ0v) is 12.3. The first-order valence-electron chi connectivity index (χ1n) is 5.95. The predicted molar refractivity (Wildman–Crippen MR) is 81.9 cm³/mol. The normalized spacial score (nSPS) is 10.6. The lowest BCUT2D eigenvalue weighted by Crippen LogP contribution is -2.24. The molecule has 108 valence electrons. The molecule has 7 heteroatoms. The van der Waals surface area contributed by atoms with Crippen LogP contribution in [0.25, 0.3) is 0 Å². The van der Waals surface area contributed by atoms with Gasteiger partial charge in [0.25, 0.3) is 5.91 Å². The molecule has 0 aliphatic heterocycles. The lowest BCUT2D eigenvalue weighted by molar-refractivity contribution is -0.123. The van der Waals surface area contributed by atoms with Gasteiger partial charge in [-0.15, -0.1) is 0 Å². The fourth-order valence-corrected chi connectivity index (χ4v) is 1.73. The molecule has 1 aromatic carbocycles. The van der Waals surface area contributed by atoms with Gasteiger partial charge >= 0.3 is 0 Å². The number of hydrogen-bond donors (Lipinski definition) is 1. The number of hydrazone groups is 1. The van der Waals surface area contributed by atoms with Crippen molar-refractivity contribution in [2.75, 3.05) is 6.61 Å². The van der Waals surface area contributed by atoms with Gasteiger partial charge in [-0.2, -0.15) is 5.10 Å². The maximum Gasteiger partial charge on any atom is 0.277 e. The number of benzene rings is 1. The van der Waals surface area contributed by atoms with Crippen LogP contribution >= 0.6 is 23.2 Å². The molecule has 0 saturated carbocycles. The van der Waals surface area contributed by atoms with Crippen molar-refractivity contribution >= 4 is 35.3 Å². The molecular weight excluding hydrogens is 313 g/mol. The monoisotopic (exact) mass is 323 g/mol. The predicted octanol–water partition coefficient (Wildman–Crippen LogP) is 2.92. The summed E-state index contributed by atoms with van der Waals surface area (Å²) in [5.41, 5.74) is 3.17. The van der Waals surface area contributed by atoms with E-state index >= 15 is 0 Å². The molecule has 1 heterocycles. The molecule has 21 heavy (non-hydrogen) atoms. The van der Waals surface area contributed by atoms with Crippen LogP contribution in [0, 0.1) is 0 Å². The molecule has 1 amide bonds. The summed E-state index contributed by atoms with van der Waals surface area (Å²) in [4.78, 5) is 15.4. The van der Waals surface area contributed by atoms with Gasteiger partial charge in [0, 0.05) is 23.5 Å². The lowest BCUT2D eigenvalue weighted by atomic mass is 10.3. The fraction of sp³-hybridized carbons (Fsp3) is 0.0714. The number of nitrogens with zero attached hydrogens (tertiary/aromatic N) is 2. The first-order valence-corrected chi connectivity index (χ1v) is 6.70. The average molecular weight is 324 g/mol. The Morgan fingerprint density at radius 3 is 2.81 bits per heavy atom. The van der Waals surface area contributed by atoms with E-state index in [2.05, 4.69) is 15.5 Å². The highest BCUT2D eigenvalue weighted by Crippen LogP contribution is 2.27. The zero-order valence-electron chi connectivity index (χ0n) is 10.8. The number of nitrogens with one attached hydrogen (secondary N) is 1. The standard InChI is InChI=1S/C14H11Cl2N3O2/c15-11-1-2-12(16)13(7-11)21-9-14(20)19-18-8-10-3-5-17-6-4-10/h1-8H,9H2,(H,19,20)/b18-8+. The van der Waals surface area contributed by atoms with Gasteiger partial charge in [0.15, 0.2) is 6.61 Å². The van der Waals surface area contributed by atoms with Crippen LogP contribution in [-0.4, -0.2) is 23.7 Å². The molecule has 1 aromatic heterocycles. The molecule has 0 aliphatic rings. The van der Waals surface area contributed by atoms with E-state index in [1.807, 2.05) is 0 Å². The van der Waals surface area contributed by atoms with Crippen molar-refractivity contribution < 1.29 is 9.53 Å². The van der Waals surface area contributed by atoms with Crippen LogP contribution in [0.2, 0.25) is 10.0 Å². The van der Waals surface area contributed by atoms with Crippen molar-refractivity contribution in [2.45, 2.75) is 0 Å². The summed E-state index contributed by atoms with van der Waals surface area (Å²) in [7, 11) is 0. The maximum absolute atomic E-state index is 11.6. The van der Waals surface area contributed by atoms with E-state index in [0.717, 1.165) is 5.56 Å². The molecular formula is C14H11Cl2N3O2. The summed E-state index contributed by atoms with van der Waals surface area (Å²) >= 11 is 11.7. The Morgan fingerprint density at radius 1 is 1.29 bits per heavy atom. The minimum atomic E-state index is -0.406. The van der Waals surface area contributed by atoms with E-state index in [1.54, 1.807) is 36.7 Å². The summed E-state index contributed by atoms with van der Waals surface area (Å²) in [5.74, 6) is -0.0613. The minimum Gasteiger partial charge on any atom is -0.482 e. The molecule has 0 atom stereocenters. The summed E-state index contributed by atoms with van der Waals surface area (Å²) in [6, 6.07) is 8.29. The van der Waals surface area contributed by atoms with Crippen LogP contribution in [0.5, 0.6) is 5.75 Å². The highest BCUT2D eigenvalue weighted by atomic mass is 35.5. The lowest BCUT2D eigenvalue weighted by Gasteiger charge is -2.07. The van der Waals surface area contributed by atoms with Crippen molar-refractivity contribution in [2.24, 2.45) is 5.10 Å². The zero-order chi connectivity index (χ0) is 15.1. The topological polar surface area (TPSA) is 63.6 Å². The van der Waals surface area contributed by atoms with Gasteiger partial charge in [-0.25, -0.2) is 5.43 Å². The molecule has 0 radical (unpaired) electrons. The molecule has 0 aliphatic carbocycles. The maximum atomic E-state index is 11.6. The van der Waals surface area contributed by atoms with E-state index in [9.17, 15) is 4.79 Å². The summed E-state index contributed by atoms with van der Waals surface area (Å²) in [6.45, 7) is -0.215. The van der Waals surface area contributed by atoms with Crippen molar-refractivity contribution in [1.29, 1.82) is 0 Å². The Hall–Kier alpha value is -2.11. The molecule has 0 saturated heterocycles. The van der Waals surface area contributed by atoms with Crippen molar-refractivity contribution in [3.8, 4) is 5.75 Å². The summed E-state index contributed by atoms with van der Waals surface area (Å²) in [6.07, 6.45) is 4.77. The quantitative estimate of drug-likeness (QED) is 0.679. The third-order valence-electron chi connectivity index (χ3n) is 2.36. The Balaban J connectivity index is 1.82. The first kappa shape index (κ1) is 15.3. The van der Waals surface area contributed by atoms with Crippen LogP contribution in [0.1, 0.15) is 5.56 Å². The van der Waals surface area contributed by atoms with Gasteiger partial charge in [-0.05, 0) is 29.8 Å². The van der Waals surface area contributed by atoms with E-state index in [4.69, 9.17) is 27.9 Å². The van der Waals surface area contributed by atoms with Crippen LogP contribution < -0.4 is 10.2 Å². The number of aromatic nitrogens is 1. The second-order valence-electron chi connectivity index (χ2n) is 3.94. The van der Waals surface area contributed by atoms with Gasteiger partial charge in [0.2, 0.25) is 0 Å². The molecule has 2 rings (SSSR count). The number of ether oxygens (including phenoxy) is 1. The van der Waals surface area contributed by atoms with Crippen molar-refractivity contribution in [3.63, 3.8) is 0 Å². The summed E-state index contributed by atoms with van der Waals surface area (Å²) < 4.78 is 5.27. The van der Waals surface area contributed by atoms with Gasteiger partial charge < -0.3 is 4.74 Å². The van der Waals surface area contributed by atoms with Crippen LogP contribution in [0.15, 0.2) is 47.8 Å². The van der Waals surface area contributed by atoms with Gasteiger partial charge in [0.05, 0.1) is 11.2 Å². The van der Waals surface area contributed by atoms with Gasteiger partial charge in [-0.1, -0.05) is 23.2 Å². The van der Waals surface area contributed by atoms with E-state index in [-0.39, 0.29) is 6.61 Å². The van der Waals surface area contributed by atoms with Crippen LogP contribution in [-0.2, 0) is 4.79 Å². The number of halogens is 2. The molecule has 0 fully saturated rings. The highest BCUT2D eigenvalue weighted by Gasteiger charge is 2.05. The molecule has 0 spiro atoms. The first-order chi connectivity index (χ1) is 10.1. The number of carbonyl (C=O) groups excluding carboxylic acids is 1. The van der Waals surface area contributed by atoms with Crippen LogP contribution in [0.3, 0.4) is 0 Å². The third kappa shape index (κ3) is 5.06. The SMILES string of the molecule is O=C(COc1cc(Cl)ccc1Cl)N/N=C/c1ccncc1. The molecule has 5 nitrogen and oxygen atoms in total. The highest BCUT2D eigenvalue weighted by molar-refractivity contribution is 6.34. The molecule has 0 bridgehead atoms. The Bertz CT molecular complexity index is 648. The second kappa shape index (κ2) is 7.61. The molecule has 2 aromatic rings. The minimum absolute atomic E-state index is 0.215. The van der Waals surface area contributed by atoms with E-state index in [1.165, 1.54) is 12.3 Å².